The molecule has 1 aliphatic carbocycles. The van der Waals surface area contributed by atoms with Gasteiger partial charge in [-0.3, -0.25) is 4.79 Å². The zero-order valence-electron chi connectivity index (χ0n) is 18.7. The number of hydrogen-bond acceptors (Lipinski definition) is 4. The summed E-state index contributed by atoms with van der Waals surface area (Å²) >= 11 is 0. The highest BCUT2D eigenvalue weighted by atomic mass is 16.5. The molecule has 1 unspecified atom stereocenters. The number of allylic oxidation sites excluding steroid dienone is 1. The summed E-state index contributed by atoms with van der Waals surface area (Å²) in [5.41, 5.74) is 8.49. The van der Waals surface area contributed by atoms with Gasteiger partial charge in [-0.2, -0.15) is 0 Å². The summed E-state index contributed by atoms with van der Waals surface area (Å²) in [7, 11) is 0. The van der Waals surface area contributed by atoms with Crippen molar-refractivity contribution in [3.8, 4) is 0 Å². The fourth-order valence-electron chi connectivity index (χ4n) is 2.99. The maximum Gasteiger partial charge on any atom is 0.333 e. The Labute approximate surface area is 176 Å². The minimum absolute atomic E-state index is 0.176. The number of unbranched alkanes of at least 4 members (excludes halogenated alkanes) is 1. The number of esters is 1. The van der Waals surface area contributed by atoms with Crippen LogP contribution in [0.3, 0.4) is 0 Å². The largest absolute Gasteiger partial charge is 0.480 e. The number of ether oxygens (including phenoxy) is 1. The van der Waals surface area contributed by atoms with E-state index in [1.807, 2.05) is 58.0 Å². The number of carbonyl (C=O) groups excluding carboxylic acids is 1. The average Bonchev–Trinajstić information content (AvgIpc) is 2.77. The minimum atomic E-state index is -0.986. The molecule has 0 heterocycles. The summed E-state index contributed by atoms with van der Waals surface area (Å²) in [5, 5.41) is 8.87. The molecular formula is C24H39NO4. The first-order chi connectivity index (χ1) is 14.0. The molecule has 0 radical (unpaired) electrons. The van der Waals surface area contributed by atoms with E-state index in [2.05, 4.69) is 6.92 Å². The second-order valence-electron chi connectivity index (χ2n) is 6.58. The number of benzene rings is 1. The molecule has 2 atom stereocenters. The Morgan fingerprint density at radius 2 is 1.79 bits per heavy atom. The quantitative estimate of drug-likeness (QED) is 0.456. The van der Waals surface area contributed by atoms with E-state index in [4.69, 9.17) is 15.6 Å². The fraction of sp³-hybridized carbons (Fsp3) is 0.583. The zero-order chi connectivity index (χ0) is 22.2. The van der Waals surface area contributed by atoms with Crippen molar-refractivity contribution in [1.82, 2.24) is 0 Å². The molecule has 0 aromatic heterocycles. The average molecular weight is 406 g/mol. The molecule has 1 aromatic carbocycles. The predicted octanol–water partition coefficient (Wildman–Crippen LogP) is 5.23. The van der Waals surface area contributed by atoms with Crippen molar-refractivity contribution in [2.45, 2.75) is 85.1 Å². The molecule has 3 N–H and O–H groups in total. The van der Waals surface area contributed by atoms with E-state index in [1.54, 1.807) is 0 Å². The first kappa shape index (κ1) is 26.9. The maximum atomic E-state index is 12.0. The Kier molecular flexibility index (Phi) is 14.6. The molecule has 2 rings (SSSR count). The molecule has 0 amide bonds. The van der Waals surface area contributed by atoms with Gasteiger partial charge >= 0.3 is 11.9 Å². The van der Waals surface area contributed by atoms with E-state index in [0.29, 0.717) is 18.9 Å². The lowest BCUT2D eigenvalue weighted by Gasteiger charge is -2.22. The van der Waals surface area contributed by atoms with Gasteiger partial charge in [-0.05, 0) is 49.1 Å². The number of hydrogen-bond donors (Lipinski definition) is 2. The van der Waals surface area contributed by atoms with Crippen LogP contribution >= 0.6 is 0 Å². The van der Waals surface area contributed by atoms with Gasteiger partial charge in [-0.25, -0.2) is 4.79 Å². The van der Waals surface area contributed by atoms with Crippen LogP contribution in [0.2, 0.25) is 0 Å². The molecule has 0 saturated heterocycles. The first-order valence-corrected chi connectivity index (χ1v) is 10.9. The van der Waals surface area contributed by atoms with Gasteiger partial charge in [-0.15, -0.1) is 0 Å². The molecule has 29 heavy (non-hydrogen) atoms. The van der Waals surface area contributed by atoms with Crippen molar-refractivity contribution in [2.75, 3.05) is 6.61 Å². The summed E-state index contributed by atoms with van der Waals surface area (Å²) in [6.45, 7) is 10.6. The number of nitrogens with two attached hydrogens (primary N) is 1. The van der Waals surface area contributed by atoms with E-state index in [-0.39, 0.29) is 5.97 Å². The molecule has 0 fully saturated rings. The van der Waals surface area contributed by atoms with Crippen molar-refractivity contribution < 1.29 is 19.4 Å². The van der Waals surface area contributed by atoms with Crippen LogP contribution in [-0.2, 0) is 20.7 Å². The standard InChI is InChI=1S/C20H27NO4.2C2H6/c1-2-3-12-25-20(24)17-10-8-16(9-11-17)15-6-4-14(5-7-15)13-18(21)19(22)23;2*1-2/h4-7,10,16,18H,2-3,8-9,11-13,21H2,1H3,(H,22,23);2*1-2H3/t16-,18?;;/m1../s1. The van der Waals surface area contributed by atoms with Gasteiger partial charge in [0.25, 0.3) is 0 Å². The molecule has 0 saturated carbocycles. The summed E-state index contributed by atoms with van der Waals surface area (Å²) in [6.07, 6.45) is 6.72. The Morgan fingerprint density at radius 3 is 2.28 bits per heavy atom. The highest BCUT2D eigenvalue weighted by Gasteiger charge is 2.21. The molecule has 5 heteroatoms. The monoisotopic (exact) mass is 405 g/mol. The van der Waals surface area contributed by atoms with Gasteiger partial charge < -0.3 is 15.6 Å². The van der Waals surface area contributed by atoms with Gasteiger partial charge in [0.05, 0.1) is 6.61 Å². The van der Waals surface area contributed by atoms with Gasteiger partial charge in [0.1, 0.15) is 6.04 Å². The Hall–Kier alpha value is -2.14. The van der Waals surface area contributed by atoms with Crippen molar-refractivity contribution in [3.63, 3.8) is 0 Å². The van der Waals surface area contributed by atoms with Crippen LogP contribution in [0.5, 0.6) is 0 Å². The summed E-state index contributed by atoms with van der Waals surface area (Å²) in [5.74, 6) is -0.779. The highest BCUT2D eigenvalue weighted by molar-refractivity contribution is 5.88. The fourth-order valence-corrected chi connectivity index (χ4v) is 2.99. The van der Waals surface area contributed by atoms with Gasteiger partial charge in [-0.1, -0.05) is 71.4 Å². The third kappa shape index (κ3) is 9.75. The van der Waals surface area contributed by atoms with Gasteiger partial charge in [0.15, 0.2) is 0 Å². The lowest BCUT2D eigenvalue weighted by atomic mass is 9.84. The first-order valence-electron chi connectivity index (χ1n) is 10.9. The third-order valence-corrected chi connectivity index (χ3v) is 4.63. The Bertz CT molecular complexity index is 622. The molecule has 0 bridgehead atoms. The third-order valence-electron chi connectivity index (χ3n) is 4.63. The number of carboxylic acids is 1. The second kappa shape index (κ2) is 15.7. The number of rotatable bonds is 8. The van der Waals surface area contributed by atoms with Crippen LogP contribution in [0.15, 0.2) is 35.9 Å². The van der Waals surface area contributed by atoms with Crippen LogP contribution in [0, 0.1) is 0 Å². The molecule has 0 spiro atoms. The van der Waals surface area contributed by atoms with E-state index >= 15 is 0 Å². The molecule has 1 aromatic rings. The van der Waals surface area contributed by atoms with E-state index in [1.165, 1.54) is 5.56 Å². The van der Waals surface area contributed by atoms with Crippen molar-refractivity contribution >= 4 is 11.9 Å². The number of carbonyl (C=O) groups is 2. The molecule has 5 nitrogen and oxygen atoms in total. The van der Waals surface area contributed by atoms with Crippen LogP contribution in [-0.4, -0.2) is 29.7 Å². The van der Waals surface area contributed by atoms with Crippen molar-refractivity contribution in [3.05, 3.63) is 47.0 Å². The van der Waals surface area contributed by atoms with Gasteiger partial charge in [0, 0.05) is 5.57 Å². The van der Waals surface area contributed by atoms with Crippen molar-refractivity contribution in [1.29, 1.82) is 0 Å². The zero-order valence-corrected chi connectivity index (χ0v) is 18.7. The van der Waals surface area contributed by atoms with Crippen LogP contribution < -0.4 is 5.73 Å². The van der Waals surface area contributed by atoms with Crippen LogP contribution in [0.4, 0.5) is 0 Å². The number of aliphatic carboxylic acids is 1. The highest BCUT2D eigenvalue weighted by Crippen LogP contribution is 2.32. The normalized spacial score (nSPS) is 16.2. The minimum Gasteiger partial charge on any atom is -0.480 e. The topological polar surface area (TPSA) is 89.6 Å². The summed E-state index contributed by atoms with van der Waals surface area (Å²) in [6, 6.07) is 7.08. The molecular weight excluding hydrogens is 366 g/mol. The maximum absolute atomic E-state index is 12.0. The van der Waals surface area contributed by atoms with E-state index in [9.17, 15) is 9.59 Å². The van der Waals surface area contributed by atoms with Gasteiger partial charge in [0.2, 0.25) is 0 Å². The van der Waals surface area contributed by atoms with E-state index < -0.39 is 12.0 Å². The second-order valence-corrected chi connectivity index (χ2v) is 6.58. The van der Waals surface area contributed by atoms with Crippen molar-refractivity contribution in [2.24, 2.45) is 5.73 Å². The number of carboxylic acid groups (broad SMARTS) is 1. The Morgan fingerprint density at radius 1 is 1.17 bits per heavy atom. The van der Waals surface area contributed by atoms with Crippen LogP contribution in [0.25, 0.3) is 0 Å². The Balaban J connectivity index is 0.00000184. The SMILES string of the molecule is CC.CC.CCCCOC(=O)C1=CC[C@@H](c2ccc(CC(N)C(=O)O)cc2)CC1. The predicted molar refractivity (Wildman–Crippen MR) is 119 cm³/mol. The van der Waals surface area contributed by atoms with E-state index in [0.717, 1.165) is 43.2 Å². The lowest BCUT2D eigenvalue weighted by molar-refractivity contribution is -0.140. The smallest absolute Gasteiger partial charge is 0.333 e. The summed E-state index contributed by atoms with van der Waals surface area (Å²) in [4.78, 5) is 22.8. The van der Waals surface area contributed by atoms with Crippen LogP contribution in [0.1, 0.15) is 83.8 Å². The molecule has 164 valence electrons. The lowest BCUT2D eigenvalue weighted by Crippen LogP contribution is -2.32. The molecule has 1 aliphatic rings. The summed E-state index contributed by atoms with van der Waals surface area (Å²) < 4.78 is 5.27. The molecule has 0 aliphatic heterocycles.